The van der Waals surface area contributed by atoms with E-state index in [0.29, 0.717) is 0 Å². The van der Waals surface area contributed by atoms with Crippen molar-refractivity contribution in [2.45, 2.75) is 6.61 Å². The van der Waals surface area contributed by atoms with Crippen LogP contribution in [-0.2, 0) is 16.3 Å². The lowest BCUT2D eigenvalue weighted by atomic mass is 9.79. The molecule has 0 aromatic heterocycles. The summed E-state index contributed by atoms with van der Waals surface area (Å²) in [7, 11) is -1.57. The Morgan fingerprint density at radius 1 is 1.11 bits per heavy atom. The second-order valence-electron chi connectivity index (χ2n) is 3.83. The van der Waals surface area contributed by atoms with Crippen LogP contribution in [0.25, 0.3) is 0 Å². The van der Waals surface area contributed by atoms with Crippen LogP contribution in [-0.4, -0.2) is 12.1 Å². The van der Waals surface area contributed by atoms with Crippen molar-refractivity contribution in [2.24, 2.45) is 0 Å². The highest BCUT2D eigenvalue weighted by Gasteiger charge is 2.25. The summed E-state index contributed by atoms with van der Waals surface area (Å²) in [6, 6.07) is 13.3. The van der Waals surface area contributed by atoms with Crippen LogP contribution < -0.4 is 5.46 Å². The fourth-order valence-electron chi connectivity index (χ4n) is 1.54. The molecule has 0 spiro atoms. The molecule has 19 heavy (non-hydrogen) atoms. The molecule has 0 aliphatic rings. The van der Waals surface area contributed by atoms with Gasteiger partial charge in [-0.2, -0.15) is 0 Å². The normalized spacial score (nSPS) is 10.5. The van der Waals surface area contributed by atoms with Gasteiger partial charge in [0.1, 0.15) is 12.4 Å². The molecule has 1 N–H and O–H groups in total. The number of benzene rings is 2. The van der Waals surface area contributed by atoms with Crippen LogP contribution in [0.15, 0.2) is 48.5 Å². The molecule has 0 saturated carbocycles. The van der Waals surface area contributed by atoms with Gasteiger partial charge in [-0.15, -0.1) is 0 Å². The third kappa shape index (κ3) is 3.78. The largest absolute Gasteiger partial charge is 0.527 e. The van der Waals surface area contributed by atoms with Gasteiger partial charge in [0.25, 0.3) is 0 Å². The summed E-state index contributed by atoms with van der Waals surface area (Å²) in [5.74, 6) is -0.650. The third-order valence-electron chi connectivity index (χ3n) is 2.47. The van der Waals surface area contributed by atoms with Crippen molar-refractivity contribution in [3.8, 4) is 0 Å². The van der Waals surface area contributed by atoms with E-state index in [4.69, 9.17) is 21.3 Å². The predicted octanol–water partition coefficient (Wildman–Crippen LogP) is 2.32. The molecule has 0 heterocycles. The summed E-state index contributed by atoms with van der Waals surface area (Å²) in [6.07, 6.45) is 0. The van der Waals surface area contributed by atoms with E-state index in [1.54, 1.807) is 0 Å². The molecule has 0 radical (unpaired) electrons. The highest BCUT2D eigenvalue weighted by molar-refractivity contribution is 6.63. The molecular formula is C13H11BClFO3. The Bertz CT molecular complexity index is 518. The van der Waals surface area contributed by atoms with E-state index in [-0.39, 0.29) is 17.1 Å². The minimum Gasteiger partial charge on any atom is -0.421 e. The SMILES string of the molecule is OB(OOCc1ccccc1)c1c(F)cccc1Cl. The van der Waals surface area contributed by atoms with Crippen molar-refractivity contribution in [3.63, 3.8) is 0 Å². The summed E-state index contributed by atoms with van der Waals surface area (Å²) in [5.41, 5.74) is 0.728. The standard InChI is InChI=1S/C13H11BClFO3/c15-11-7-4-8-12(16)13(11)14(17)19-18-9-10-5-2-1-3-6-10/h1-8,17H,9H2. The molecule has 2 rings (SSSR count). The lowest BCUT2D eigenvalue weighted by Gasteiger charge is -2.10. The van der Waals surface area contributed by atoms with Gasteiger partial charge < -0.3 is 5.02 Å². The Morgan fingerprint density at radius 3 is 2.53 bits per heavy atom. The van der Waals surface area contributed by atoms with E-state index in [1.165, 1.54) is 18.2 Å². The summed E-state index contributed by atoms with van der Waals surface area (Å²) >= 11 is 5.78. The fourth-order valence-corrected chi connectivity index (χ4v) is 1.79. The molecular weight excluding hydrogens is 269 g/mol. The summed E-state index contributed by atoms with van der Waals surface area (Å²) in [4.78, 5) is 9.60. The Hall–Kier alpha value is -1.40. The molecule has 0 saturated heterocycles. The van der Waals surface area contributed by atoms with Crippen LogP contribution in [0.5, 0.6) is 0 Å². The van der Waals surface area contributed by atoms with Crippen molar-refractivity contribution < 1.29 is 19.1 Å². The van der Waals surface area contributed by atoms with E-state index < -0.39 is 12.9 Å². The van der Waals surface area contributed by atoms with Gasteiger partial charge in [-0.25, -0.2) is 9.28 Å². The summed E-state index contributed by atoms with van der Waals surface area (Å²) in [5, 5.41) is 9.77. The van der Waals surface area contributed by atoms with E-state index >= 15 is 0 Å². The Labute approximate surface area is 115 Å². The first-order chi connectivity index (χ1) is 9.18. The lowest BCUT2D eigenvalue weighted by Crippen LogP contribution is -2.37. The second-order valence-corrected chi connectivity index (χ2v) is 4.24. The number of hydrogen-bond acceptors (Lipinski definition) is 3. The summed E-state index contributed by atoms with van der Waals surface area (Å²) < 4.78 is 13.5. The minimum atomic E-state index is -1.57. The maximum atomic E-state index is 13.5. The van der Waals surface area contributed by atoms with Gasteiger partial charge in [0.15, 0.2) is 0 Å². The van der Waals surface area contributed by atoms with Crippen molar-refractivity contribution in [2.75, 3.05) is 0 Å². The maximum absolute atomic E-state index is 13.5. The topological polar surface area (TPSA) is 38.7 Å². The summed E-state index contributed by atoms with van der Waals surface area (Å²) in [6.45, 7) is 0.143. The quantitative estimate of drug-likeness (QED) is 0.519. The maximum Gasteiger partial charge on any atom is 0.527 e. The second kappa shape index (κ2) is 6.68. The highest BCUT2D eigenvalue weighted by atomic mass is 35.5. The smallest absolute Gasteiger partial charge is 0.421 e. The zero-order valence-electron chi connectivity index (χ0n) is 9.92. The minimum absolute atomic E-state index is 0.0795. The van der Waals surface area contributed by atoms with Gasteiger partial charge in [0, 0.05) is 10.5 Å². The monoisotopic (exact) mass is 280 g/mol. The molecule has 0 aliphatic heterocycles. The van der Waals surface area contributed by atoms with Crippen molar-refractivity contribution in [3.05, 3.63) is 64.9 Å². The molecule has 2 aromatic rings. The first-order valence-electron chi connectivity index (χ1n) is 5.62. The Kier molecular flexibility index (Phi) is 4.93. The number of hydrogen-bond donors (Lipinski definition) is 1. The van der Waals surface area contributed by atoms with Gasteiger partial charge in [-0.1, -0.05) is 48.0 Å². The molecule has 2 aromatic carbocycles. The molecule has 98 valence electrons. The van der Waals surface area contributed by atoms with Crippen LogP contribution in [0.3, 0.4) is 0 Å². The zero-order chi connectivity index (χ0) is 13.7. The van der Waals surface area contributed by atoms with Crippen LogP contribution >= 0.6 is 11.6 Å². The lowest BCUT2D eigenvalue weighted by molar-refractivity contribution is -0.231. The van der Waals surface area contributed by atoms with Crippen molar-refractivity contribution in [1.29, 1.82) is 0 Å². The fraction of sp³-hybridized carbons (Fsp3) is 0.0769. The van der Waals surface area contributed by atoms with E-state index in [2.05, 4.69) is 0 Å². The van der Waals surface area contributed by atoms with Crippen molar-refractivity contribution >= 4 is 24.2 Å². The van der Waals surface area contributed by atoms with Gasteiger partial charge in [-0.3, -0.25) is 4.81 Å². The van der Waals surface area contributed by atoms with Gasteiger partial charge in [0.05, 0.1) is 0 Å². The molecule has 6 heteroatoms. The molecule has 0 aliphatic carbocycles. The van der Waals surface area contributed by atoms with E-state index in [9.17, 15) is 9.41 Å². The van der Waals surface area contributed by atoms with E-state index in [0.717, 1.165) is 5.56 Å². The molecule has 3 nitrogen and oxygen atoms in total. The first kappa shape index (κ1) is 14.0. The van der Waals surface area contributed by atoms with E-state index in [1.807, 2.05) is 30.3 Å². The van der Waals surface area contributed by atoms with Gasteiger partial charge >= 0.3 is 7.12 Å². The molecule has 0 atom stereocenters. The molecule has 0 amide bonds. The number of halogens is 2. The van der Waals surface area contributed by atoms with Gasteiger partial charge in [-0.05, 0) is 17.7 Å². The molecule has 0 fully saturated rings. The zero-order valence-corrected chi connectivity index (χ0v) is 10.7. The van der Waals surface area contributed by atoms with Crippen molar-refractivity contribution in [1.82, 2.24) is 0 Å². The predicted molar refractivity (Wildman–Crippen MR) is 71.3 cm³/mol. The van der Waals surface area contributed by atoms with Crippen LogP contribution in [0.2, 0.25) is 5.02 Å². The van der Waals surface area contributed by atoms with Crippen LogP contribution in [0.1, 0.15) is 5.56 Å². The highest BCUT2D eigenvalue weighted by Crippen LogP contribution is 2.09. The number of rotatable bonds is 5. The Morgan fingerprint density at radius 2 is 1.84 bits per heavy atom. The Balaban J connectivity index is 1.93. The third-order valence-corrected chi connectivity index (χ3v) is 2.80. The molecule has 0 unspecified atom stereocenters. The average Bonchev–Trinajstić information content (AvgIpc) is 2.40. The van der Waals surface area contributed by atoms with Crippen LogP contribution in [0.4, 0.5) is 4.39 Å². The first-order valence-corrected chi connectivity index (χ1v) is 6.00. The molecule has 0 bridgehead atoms. The average molecular weight is 280 g/mol. The van der Waals surface area contributed by atoms with Crippen LogP contribution in [0, 0.1) is 5.82 Å². The van der Waals surface area contributed by atoms with Gasteiger partial charge in [0.2, 0.25) is 0 Å².